The second kappa shape index (κ2) is 8.01. The first-order chi connectivity index (χ1) is 13.7. The van der Waals surface area contributed by atoms with E-state index in [1.807, 2.05) is 47.8 Å². The van der Waals surface area contributed by atoms with Gasteiger partial charge in [0, 0.05) is 17.8 Å². The molecule has 4 rings (SSSR count). The summed E-state index contributed by atoms with van der Waals surface area (Å²) in [6.45, 7) is 0.568. The first kappa shape index (κ1) is 17.9. The van der Waals surface area contributed by atoms with Gasteiger partial charge in [-0.15, -0.1) is 11.3 Å². The lowest BCUT2D eigenvalue weighted by Gasteiger charge is -2.03. The molecule has 0 saturated heterocycles. The van der Waals surface area contributed by atoms with Crippen LogP contribution >= 0.6 is 11.3 Å². The van der Waals surface area contributed by atoms with Crippen LogP contribution in [-0.2, 0) is 6.54 Å². The van der Waals surface area contributed by atoms with E-state index in [4.69, 9.17) is 4.74 Å². The van der Waals surface area contributed by atoms with Gasteiger partial charge >= 0.3 is 0 Å². The highest BCUT2D eigenvalue weighted by Crippen LogP contribution is 2.23. The molecule has 0 aliphatic carbocycles. The first-order valence-electron chi connectivity index (χ1n) is 8.55. The summed E-state index contributed by atoms with van der Waals surface area (Å²) in [6.07, 6.45) is 4.98. The zero-order chi connectivity index (χ0) is 19.3. The van der Waals surface area contributed by atoms with E-state index in [1.54, 1.807) is 30.4 Å². The molecule has 0 aliphatic heterocycles. The lowest BCUT2D eigenvalue weighted by molar-refractivity contribution is 0.102. The molecule has 0 radical (unpaired) electrons. The van der Waals surface area contributed by atoms with Gasteiger partial charge in [0.25, 0.3) is 5.91 Å². The number of carbonyl (C=O) groups is 1. The summed E-state index contributed by atoms with van der Waals surface area (Å²) in [4.78, 5) is 21.2. The van der Waals surface area contributed by atoms with Gasteiger partial charge in [0.05, 0.1) is 31.1 Å². The number of nitrogens with one attached hydrogen (secondary N) is 1. The molecule has 28 heavy (non-hydrogen) atoms. The molecule has 140 valence electrons. The summed E-state index contributed by atoms with van der Waals surface area (Å²) in [6, 6.07) is 13.4. The Hall–Kier alpha value is -3.52. The molecule has 4 aromatic rings. The van der Waals surface area contributed by atoms with Crippen molar-refractivity contribution in [3.05, 3.63) is 77.6 Å². The van der Waals surface area contributed by atoms with Crippen molar-refractivity contribution in [2.24, 2.45) is 0 Å². The second-order valence-corrected chi connectivity index (χ2v) is 6.84. The number of carbonyl (C=O) groups excluding carboxylic acids is 1. The molecule has 8 heteroatoms. The first-order valence-corrected chi connectivity index (χ1v) is 9.43. The van der Waals surface area contributed by atoms with E-state index in [9.17, 15) is 4.79 Å². The number of rotatable bonds is 6. The molecular weight excluding hydrogens is 374 g/mol. The van der Waals surface area contributed by atoms with E-state index in [-0.39, 0.29) is 5.91 Å². The van der Waals surface area contributed by atoms with E-state index in [1.165, 1.54) is 11.3 Å². The Balaban J connectivity index is 1.41. The summed E-state index contributed by atoms with van der Waals surface area (Å²) in [7, 11) is 1.63. The third-order valence-electron chi connectivity index (χ3n) is 4.05. The van der Waals surface area contributed by atoms with Crippen LogP contribution in [0.3, 0.4) is 0 Å². The van der Waals surface area contributed by atoms with Crippen molar-refractivity contribution in [1.29, 1.82) is 0 Å². The van der Waals surface area contributed by atoms with Crippen LogP contribution in [0.2, 0.25) is 0 Å². The fraction of sp³-hybridized carbons (Fsp3) is 0.100. The highest BCUT2D eigenvalue weighted by atomic mass is 32.1. The molecule has 3 heterocycles. The zero-order valence-electron chi connectivity index (χ0n) is 15.1. The van der Waals surface area contributed by atoms with E-state index < -0.39 is 0 Å². The fourth-order valence-electron chi connectivity index (χ4n) is 2.62. The van der Waals surface area contributed by atoms with E-state index in [0.717, 1.165) is 22.7 Å². The topological polar surface area (TPSA) is 81.9 Å². The van der Waals surface area contributed by atoms with Crippen LogP contribution in [0.25, 0.3) is 11.4 Å². The molecule has 0 aliphatic rings. The fourth-order valence-corrected chi connectivity index (χ4v) is 3.32. The van der Waals surface area contributed by atoms with Crippen LogP contribution in [-0.4, -0.2) is 32.8 Å². The summed E-state index contributed by atoms with van der Waals surface area (Å²) >= 11 is 1.36. The Labute approximate surface area is 165 Å². The Bertz CT molecular complexity index is 1070. The van der Waals surface area contributed by atoms with Crippen molar-refractivity contribution in [2.75, 3.05) is 12.4 Å². The highest BCUT2D eigenvalue weighted by molar-refractivity contribution is 7.14. The molecule has 0 bridgehead atoms. The van der Waals surface area contributed by atoms with Gasteiger partial charge in [-0.25, -0.2) is 4.98 Å². The van der Waals surface area contributed by atoms with Crippen LogP contribution in [0.1, 0.15) is 15.9 Å². The van der Waals surface area contributed by atoms with Gasteiger partial charge in [-0.2, -0.15) is 5.10 Å². The lowest BCUT2D eigenvalue weighted by atomic mass is 10.2. The number of anilines is 1. The predicted molar refractivity (Wildman–Crippen MR) is 108 cm³/mol. The maximum atomic E-state index is 12.5. The molecule has 7 nitrogen and oxygen atoms in total. The quantitative estimate of drug-likeness (QED) is 0.542. The van der Waals surface area contributed by atoms with Gasteiger partial charge in [0.2, 0.25) is 0 Å². The van der Waals surface area contributed by atoms with Crippen LogP contribution in [0.4, 0.5) is 5.13 Å². The molecule has 1 N–H and O–H groups in total. The number of methoxy groups -OCH3 is 1. The second-order valence-electron chi connectivity index (χ2n) is 5.98. The Morgan fingerprint density at radius 3 is 2.79 bits per heavy atom. The third kappa shape index (κ3) is 4.07. The minimum atomic E-state index is -0.247. The molecule has 0 saturated carbocycles. The molecule has 0 unspecified atom stereocenters. The summed E-state index contributed by atoms with van der Waals surface area (Å²) in [5.74, 6) is 0.556. The van der Waals surface area contributed by atoms with Crippen molar-refractivity contribution in [3.63, 3.8) is 0 Å². The van der Waals surface area contributed by atoms with Gasteiger partial charge in [-0.1, -0.05) is 18.2 Å². The summed E-state index contributed by atoms with van der Waals surface area (Å²) < 4.78 is 6.88. The minimum absolute atomic E-state index is 0.247. The molecule has 3 aromatic heterocycles. The molecular formula is C20H17N5O2S. The SMILES string of the molecule is COc1ccc(Cn2cc(C(=O)Nc3nc(-c4ccccn4)cs3)cn2)cc1. The zero-order valence-corrected chi connectivity index (χ0v) is 15.9. The highest BCUT2D eigenvalue weighted by Gasteiger charge is 2.12. The van der Waals surface area contributed by atoms with Gasteiger partial charge in [0.15, 0.2) is 5.13 Å². The number of hydrogen-bond acceptors (Lipinski definition) is 6. The maximum Gasteiger partial charge on any atom is 0.260 e. The van der Waals surface area contributed by atoms with Crippen molar-refractivity contribution >= 4 is 22.4 Å². The van der Waals surface area contributed by atoms with Crippen LogP contribution in [0.15, 0.2) is 66.4 Å². The molecule has 1 amide bonds. The van der Waals surface area contributed by atoms with Crippen LogP contribution in [0, 0.1) is 0 Å². The predicted octanol–water partition coefficient (Wildman–Crippen LogP) is 3.71. The average Bonchev–Trinajstić information content (AvgIpc) is 3.39. The number of benzene rings is 1. The number of hydrogen-bond donors (Lipinski definition) is 1. The van der Waals surface area contributed by atoms with Crippen molar-refractivity contribution in [3.8, 4) is 17.1 Å². The molecule has 0 spiro atoms. The molecule has 0 atom stereocenters. The van der Waals surface area contributed by atoms with Crippen molar-refractivity contribution < 1.29 is 9.53 Å². The van der Waals surface area contributed by atoms with Gasteiger partial charge < -0.3 is 4.74 Å². The van der Waals surface area contributed by atoms with Crippen molar-refractivity contribution in [2.45, 2.75) is 6.54 Å². The van der Waals surface area contributed by atoms with Crippen LogP contribution < -0.4 is 10.1 Å². The molecule has 1 aromatic carbocycles. The van der Waals surface area contributed by atoms with Gasteiger partial charge in [-0.3, -0.25) is 19.8 Å². The average molecular weight is 391 g/mol. The normalized spacial score (nSPS) is 10.6. The Morgan fingerprint density at radius 2 is 2.04 bits per heavy atom. The number of aromatic nitrogens is 4. The van der Waals surface area contributed by atoms with E-state index in [2.05, 4.69) is 20.4 Å². The number of amides is 1. The lowest BCUT2D eigenvalue weighted by Crippen LogP contribution is -2.11. The van der Waals surface area contributed by atoms with Gasteiger partial charge in [-0.05, 0) is 29.8 Å². The monoisotopic (exact) mass is 391 g/mol. The third-order valence-corrected chi connectivity index (χ3v) is 4.81. The number of pyridine rings is 1. The summed E-state index contributed by atoms with van der Waals surface area (Å²) in [5.41, 5.74) is 3.04. The van der Waals surface area contributed by atoms with E-state index >= 15 is 0 Å². The number of ether oxygens (including phenoxy) is 1. The standard InChI is InChI=1S/C20H17N5O2S/c1-27-16-7-5-14(6-8-16)11-25-12-15(10-22-25)19(26)24-20-23-18(13-28-20)17-4-2-3-9-21-17/h2-10,12-13H,11H2,1H3,(H,23,24,26). The Kier molecular flexibility index (Phi) is 5.11. The van der Waals surface area contributed by atoms with Crippen LogP contribution in [0.5, 0.6) is 5.75 Å². The van der Waals surface area contributed by atoms with E-state index in [0.29, 0.717) is 17.2 Å². The largest absolute Gasteiger partial charge is 0.497 e. The van der Waals surface area contributed by atoms with Gasteiger partial charge in [0.1, 0.15) is 11.4 Å². The smallest absolute Gasteiger partial charge is 0.260 e. The minimum Gasteiger partial charge on any atom is -0.497 e. The molecule has 0 fully saturated rings. The number of nitrogens with zero attached hydrogens (tertiary/aromatic N) is 4. The maximum absolute atomic E-state index is 12.5. The number of thiazole rings is 1. The Morgan fingerprint density at radius 1 is 1.18 bits per heavy atom. The summed E-state index contributed by atoms with van der Waals surface area (Å²) in [5, 5.41) is 9.47. The van der Waals surface area contributed by atoms with Crippen molar-refractivity contribution in [1.82, 2.24) is 19.7 Å².